The van der Waals surface area contributed by atoms with E-state index in [4.69, 9.17) is 4.74 Å². The van der Waals surface area contributed by atoms with Crippen LogP contribution in [0, 0.1) is 5.92 Å². The van der Waals surface area contributed by atoms with Gasteiger partial charge in [0.2, 0.25) is 10.0 Å². The van der Waals surface area contributed by atoms with Gasteiger partial charge in [0.15, 0.2) is 0 Å². The van der Waals surface area contributed by atoms with Crippen LogP contribution in [-0.2, 0) is 10.0 Å². The minimum atomic E-state index is -3.39. The highest BCUT2D eigenvalue weighted by Crippen LogP contribution is 2.30. The summed E-state index contributed by atoms with van der Waals surface area (Å²) >= 11 is 0. The van der Waals surface area contributed by atoms with Gasteiger partial charge in [-0.15, -0.1) is 0 Å². The van der Waals surface area contributed by atoms with E-state index in [-0.39, 0.29) is 11.0 Å². The lowest BCUT2D eigenvalue weighted by Crippen LogP contribution is -2.19. The highest BCUT2D eigenvalue weighted by atomic mass is 32.2. The zero-order valence-electron chi connectivity index (χ0n) is 11.2. The molecule has 0 N–H and O–H groups in total. The summed E-state index contributed by atoms with van der Waals surface area (Å²) in [5, 5.41) is 0. The van der Waals surface area contributed by atoms with Crippen LogP contribution in [0.25, 0.3) is 0 Å². The van der Waals surface area contributed by atoms with Crippen molar-refractivity contribution in [1.29, 1.82) is 0 Å². The molecule has 106 valence electrons. The third-order valence-electron chi connectivity index (χ3n) is 3.57. The molecule has 19 heavy (non-hydrogen) atoms. The number of hydrogen-bond acceptors (Lipinski definition) is 3. The van der Waals surface area contributed by atoms with E-state index in [1.165, 1.54) is 19.9 Å². The van der Waals surface area contributed by atoms with E-state index in [1.54, 1.807) is 24.3 Å². The molecule has 1 unspecified atom stereocenters. The van der Waals surface area contributed by atoms with Gasteiger partial charge in [0.05, 0.1) is 4.90 Å². The van der Waals surface area contributed by atoms with Crippen LogP contribution in [0.4, 0.5) is 0 Å². The Balaban J connectivity index is 2.11. The van der Waals surface area contributed by atoms with Gasteiger partial charge in [-0.25, -0.2) is 8.42 Å². The molecule has 1 fully saturated rings. The first kappa shape index (κ1) is 14.8. The number of ether oxygens (including phenoxy) is 1. The van der Waals surface area contributed by atoms with Crippen molar-refractivity contribution in [2.75, 3.05) is 7.05 Å². The molecule has 1 saturated carbocycles. The molecule has 0 heterocycles. The van der Waals surface area contributed by atoms with Crippen molar-refractivity contribution in [3.8, 4) is 5.75 Å². The average molecular weight is 301 g/mol. The molecule has 6 heteroatoms. The highest BCUT2D eigenvalue weighted by Gasteiger charge is 2.25. The Morgan fingerprint density at radius 2 is 1.89 bits per heavy atom. The summed E-state index contributed by atoms with van der Waals surface area (Å²) in [7, 11) is 0.257. The van der Waals surface area contributed by atoms with Gasteiger partial charge in [0, 0.05) is 7.05 Å². The second kappa shape index (κ2) is 5.78. The van der Waals surface area contributed by atoms with E-state index in [0.717, 1.165) is 16.2 Å². The Labute approximate surface area is 117 Å². The zero-order valence-corrected chi connectivity index (χ0v) is 13.2. The first-order valence-electron chi connectivity index (χ1n) is 6.41. The van der Waals surface area contributed by atoms with Gasteiger partial charge in [-0.2, -0.15) is 4.08 Å². The molecule has 0 radical (unpaired) electrons. The monoisotopic (exact) mass is 301 g/mol. The quantitative estimate of drug-likeness (QED) is 0.803. The van der Waals surface area contributed by atoms with Crippen molar-refractivity contribution < 1.29 is 13.2 Å². The fraction of sp³-hybridized carbons (Fsp3) is 0.538. The summed E-state index contributed by atoms with van der Waals surface area (Å²) in [6.45, 7) is 2.19. The first-order valence-corrected chi connectivity index (χ1v) is 8.37. The number of benzene rings is 1. The lowest BCUT2D eigenvalue weighted by Gasteiger charge is -2.18. The maximum atomic E-state index is 11.9. The molecule has 1 aliphatic carbocycles. The molecular formula is C13H20NO3PS. The number of sulfonamides is 1. The SMILES string of the molecule is C[C@@H]1CCC[C@H]1Oc1ccc(S(=O)(=O)N(C)P)cc1. The molecular weight excluding hydrogens is 281 g/mol. The molecule has 4 nitrogen and oxygen atoms in total. The molecule has 0 bridgehead atoms. The second-order valence-electron chi connectivity index (χ2n) is 5.06. The molecule has 3 atom stereocenters. The smallest absolute Gasteiger partial charge is 0.245 e. The fourth-order valence-electron chi connectivity index (χ4n) is 2.32. The first-order chi connectivity index (χ1) is 8.91. The maximum Gasteiger partial charge on any atom is 0.245 e. The van der Waals surface area contributed by atoms with Gasteiger partial charge in [0.25, 0.3) is 0 Å². The minimum absolute atomic E-state index is 0.256. The van der Waals surface area contributed by atoms with E-state index in [0.29, 0.717) is 5.92 Å². The Hall–Kier alpha value is -0.640. The van der Waals surface area contributed by atoms with Gasteiger partial charge in [0.1, 0.15) is 11.9 Å². The van der Waals surface area contributed by atoms with Crippen LogP contribution in [0.5, 0.6) is 5.75 Å². The molecule has 0 aromatic heterocycles. The van der Waals surface area contributed by atoms with Gasteiger partial charge in [-0.3, -0.25) is 0 Å². The lowest BCUT2D eigenvalue weighted by molar-refractivity contribution is 0.167. The number of rotatable bonds is 4. The van der Waals surface area contributed by atoms with Gasteiger partial charge in [-0.1, -0.05) is 6.92 Å². The zero-order chi connectivity index (χ0) is 14.0. The van der Waals surface area contributed by atoms with E-state index >= 15 is 0 Å². The van der Waals surface area contributed by atoms with Crippen LogP contribution in [0.15, 0.2) is 29.2 Å². The minimum Gasteiger partial charge on any atom is -0.490 e. The van der Waals surface area contributed by atoms with Crippen molar-refractivity contribution in [2.45, 2.75) is 37.2 Å². The van der Waals surface area contributed by atoms with Crippen molar-refractivity contribution in [3.05, 3.63) is 24.3 Å². The summed E-state index contributed by atoms with van der Waals surface area (Å²) in [6.07, 6.45) is 3.74. The van der Waals surface area contributed by atoms with Gasteiger partial charge < -0.3 is 4.74 Å². The van der Waals surface area contributed by atoms with Crippen molar-refractivity contribution in [3.63, 3.8) is 0 Å². The lowest BCUT2D eigenvalue weighted by atomic mass is 10.1. The predicted octanol–water partition coefficient (Wildman–Crippen LogP) is 2.66. The maximum absolute atomic E-state index is 11.9. The molecule has 0 amide bonds. The van der Waals surface area contributed by atoms with E-state index in [9.17, 15) is 8.42 Å². The number of hydrogen-bond donors (Lipinski definition) is 0. The summed E-state index contributed by atoms with van der Waals surface area (Å²) in [4.78, 5) is 0.275. The van der Waals surface area contributed by atoms with Crippen LogP contribution >= 0.6 is 9.39 Å². The standard InChI is InChI=1S/C13H20NO3PS/c1-10-4-3-5-13(10)17-11-6-8-12(9-7-11)19(15,16)14(2)18/h6-10,13H,3-5,18H2,1-2H3/t10-,13-/m1/s1. The average Bonchev–Trinajstić information content (AvgIpc) is 2.75. The summed E-state index contributed by atoms with van der Waals surface area (Å²) in [6, 6.07) is 6.63. The summed E-state index contributed by atoms with van der Waals surface area (Å²) < 4.78 is 30.8. The van der Waals surface area contributed by atoms with Crippen LogP contribution in [0.2, 0.25) is 0 Å². The fourth-order valence-corrected chi connectivity index (χ4v) is 3.50. The van der Waals surface area contributed by atoms with E-state index < -0.39 is 10.0 Å². The Bertz CT molecular complexity index is 527. The van der Waals surface area contributed by atoms with Crippen LogP contribution in [-0.4, -0.2) is 25.6 Å². The Kier molecular flexibility index (Phi) is 4.49. The molecule has 1 aromatic carbocycles. The molecule has 0 spiro atoms. The van der Waals surface area contributed by atoms with Crippen LogP contribution < -0.4 is 4.74 Å². The second-order valence-corrected chi connectivity index (χ2v) is 8.20. The van der Waals surface area contributed by atoms with Crippen LogP contribution in [0.3, 0.4) is 0 Å². The third-order valence-corrected chi connectivity index (χ3v) is 6.03. The van der Waals surface area contributed by atoms with E-state index in [2.05, 4.69) is 16.3 Å². The van der Waals surface area contributed by atoms with E-state index in [1.807, 2.05) is 0 Å². The topological polar surface area (TPSA) is 46.6 Å². The summed E-state index contributed by atoms with van der Waals surface area (Å²) in [5.41, 5.74) is 0. The number of nitrogens with zero attached hydrogens (tertiary/aromatic N) is 1. The third kappa shape index (κ3) is 3.28. The largest absolute Gasteiger partial charge is 0.490 e. The molecule has 1 aromatic rings. The van der Waals surface area contributed by atoms with Crippen molar-refractivity contribution in [2.24, 2.45) is 5.92 Å². The van der Waals surface area contributed by atoms with Gasteiger partial charge >= 0.3 is 0 Å². The normalized spacial score (nSPS) is 23.8. The molecule has 2 rings (SSSR count). The van der Waals surface area contributed by atoms with Crippen molar-refractivity contribution in [1.82, 2.24) is 4.08 Å². The Morgan fingerprint density at radius 1 is 1.26 bits per heavy atom. The Morgan fingerprint density at radius 3 is 2.37 bits per heavy atom. The van der Waals surface area contributed by atoms with Crippen LogP contribution in [0.1, 0.15) is 26.2 Å². The van der Waals surface area contributed by atoms with Gasteiger partial charge in [-0.05, 0) is 58.8 Å². The summed E-state index contributed by atoms with van der Waals surface area (Å²) in [5.74, 6) is 1.31. The molecule has 0 saturated heterocycles. The molecule has 0 aliphatic heterocycles. The predicted molar refractivity (Wildman–Crippen MR) is 78.5 cm³/mol. The molecule has 1 aliphatic rings. The highest BCUT2D eigenvalue weighted by molar-refractivity contribution is 7.91. The van der Waals surface area contributed by atoms with Crippen molar-refractivity contribution >= 4 is 19.4 Å².